The second kappa shape index (κ2) is 7.73. The van der Waals surface area contributed by atoms with E-state index in [9.17, 15) is 9.59 Å². The van der Waals surface area contributed by atoms with Gasteiger partial charge in [-0.3, -0.25) is 9.59 Å². The van der Waals surface area contributed by atoms with Crippen LogP contribution in [0.3, 0.4) is 0 Å². The summed E-state index contributed by atoms with van der Waals surface area (Å²) in [5, 5.41) is 5.22. The number of hydrogen-bond donors (Lipinski definition) is 1. The topological polar surface area (TPSA) is 46.2 Å². The Hall–Kier alpha value is -1.17. The highest BCUT2D eigenvalue weighted by Crippen LogP contribution is 2.21. The molecule has 0 fully saturated rings. The van der Waals surface area contributed by atoms with E-state index in [0.717, 1.165) is 10.0 Å². The Morgan fingerprint density at radius 2 is 2.05 bits per heavy atom. The molecule has 6 heteroatoms. The first-order valence-electron chi connectivity index (χ1n) is 6.33. The maximum Gasteiger partial charge on any atom is 0.220 e. The standard InChI is InChI=1S/C15H13BrClNO2S/c16-11-4-3-10(12(17)8-11)9-18-15(20)6-5-13(19)14-2-1-7-21-14/h1-4,7-8H,5-6,9H2,(H,18,20). The molecule has 0 aliphatic rings. The predicted octanol–water partition coefficient (Wildman–Crippen LogP) is 4.44. The van der Waals surface area contributed by atoms with Crippen molar-refractivity contribution in [3.8, 4) is 0 Å². The third-order valence-electron chi connectivity index (χ3n) is 2.87. The predicted molar refractivity (Wildman–Crippen MR) is 88.9 cm³/mol. The van der Waals surface area contributed by atoms with E-state index in [1.165, 1.54) is 11.3 Å². The van der Waals surface area contributed by atoms with Crippen molar-refractivity contribution >= 4 is 50.6 Å². The number of ketones is 1. The van der Waals surface area contributed by atoms with Gasteiger partial charge in [-0.1, -0.05) is 39.7 Å². The van der Waals surface area contributed by atoms with Gasteiger partial charge in [0.2, 0.25) is 5.91 Å². The van der Waals surface area contributed by atoms with Gasteiger partial charge in [-0.15, -0.1) is 11.3 Å². The number of Topliss-reactive ketones (excluding diaryl/α,β-unsaturated/α-hetero) is 1. The van der Waals surface area contributed by atoms with Crippen molar-refractivity contribution in [2.24, 2.45) is 0 Å². The van der Waals surface area contributed by atoms with Gasteiger partial charge in [0.25, 0.3) is 0 Å². The van der Waals surface area contributed by atoms with Crippen molar-refractivity contribution in [1.82, 2.24) is 5.32 Å². The van der Waals surface area contributed by atoms with Crippen LogP contribution < -0.4 is 5.32 Å². The Balaban J connectivity index is 1.78. The summed E-state index contributed by atoms with van der Waals surface area (Å²) in [4.78, 5) is 24.2. The fraction of sp³-hybridized carbons (Fsp3) is 0.200. The Morgan fingerprint density at radius 3 is 2.71 bits per heavy atom. The van der Waals surface area contributed by atoms with E-state index in [0.29, 0.717) is 16.4 Å². The van der Waals surface area contributed by atoms with Crippen LogP contribution in [-0.2, 0) is 11.3 Å². The lowest BCUT2D eigenvalue weighted by Crippen LogP contribution is -2.23. The van der Waals surface area contributed by atoms with Crippen LogP contribution >= 0.6 is 38.9 Å². The lowest BCUT2D eigenvalue weighted by Gasteiger charge is -2.07. The first kappa shape index (κ1) is 16.2. The zero-order valence-electron chi connectivity index (χ0n) is 11.1. The number of amides is 1. The second-order valence-corrected chi connectivity index (χ2v) is 6.68. The average Bonchev–Trinajstić information content (AvgIpc) is 2.98. The van der Waals surface area contributed by atoms with Crippen LogP contribution in [0.15, 0.2) is 40.2 Å². The SMILES string of the molecule is O=C(CCC(=O)c1cccs1)NCc1ccc(Br)cc1Cl. The number of hydrogen-bond acceptors (Lipinski definition) is 3. The molecule has 21 heavy (non-hydrogen) atoms. The van der Waals surface area contributed by atoms with E-state index in [-0.39, 0.29) is 24.5 Å². The summed E-state index contributed by atoms with van der Waals surface area (Å²) in [6.45, 7) is 0.359. The summed E-state index contributed by atoms with van der Waals surface area (Å²) in [6, 6.07) is 9.10. The summed E-state index contributed by atoms with van der Waals surface area (Å²) < 4.78 is 0.893. The third kappa shape index (κ3) is 4.95. The summed E-state index contributed by atoms with van der Waals surface area (Å²) in [7, 11) is 0. The van der Waals surface area contributed by atoms with Crippen molar-refractivity contribution in [1.29, 1.82) is 0 Å². The molecule has 0 atom stereocenters. The zero-order valence-corrected chi connectivity index (χ0v) is 14.2. The molecule has 1 amide bonds. The van der Waals surface area contributed by atoms with Gasteiger partial charge < -0.3 is 5.32 Å². The number of rotatable bonds is 6. The van der Waals surface area contributed by atoms with E-state index in [4.69, 9.17) is 11.6 Å². The molecule has 0 unspecified atom stereocenters. The fourth-order valence-electron chi connectivity index (χ4n) is 1.73. The van der Waals surface area contributed by atoms with Crippen LogP contribution in [-0.4, -0.2) is 11.7 Å². The van der Waals surface area contributed by atoms with Gasteiger partial charge in [-0.05, 0) is 29.1 Å². The summed E-state index contributed by atoms with van der Waals surface area (Å²) >= 11 is 10.8. The Morgan fingerprint density at radius 1 is 1.24 bits per heavy atom. The normalized spacial score (nSPS) is 10.4. The fourth-order valence-corrected chi connectivity index (χ4v) is 3.17. The highest BCUT2D eigenvalue weighted by atomic mass is 79.9. The second-order valence-electron chi connectivity index (χ2n) is 4.41. The molecule has 0 spiro atoms. The molecule has 0 saturated heterocycles. The van der Waals surface area contributed by atoms with Crippen molar-refractivity contribution < 1.29 is 9.59 Å². The molecular formula is C15H13BrClNO2S. The van der Waals surface area contributed by atoms with Crippen LogP contribution in [0.5, 0.6) is 0 Å². The first-order valence-corrected chi connectivity index (χ1v) is 8.38. The number of benzene rings is 1. The van der Waals surface area contributed by atoms with Crippen LogP contribution in [0.2, 0.25) is 5.02 Å². The highest BCUT2D eigenvalue weighted by molar-refractivity contribution is 9.10. The highest BCUT2D eigenvalue weighted by Gasteiger charge is 2.10. The molecular weight excluding hydrogens is 374 g/mol. The number of halogens is 2. The van der Waals surface area contributed by atoms with Crippen LogP contribution in [0, 0.1) is 0 Å². The van der Waals surface area contributed by atoms with Gasteiger partial charge in [-0.2, -0.15) is 0 Å². The summed E-state index contributed by atoms with van der Waals surface area (Å²) in [6.07, 6.45) is 0.408. The summed E-state index contributed by atoms with van der Waals surface area (Å²) in [5.74, 6) is -0.152. The zero-order chi connectivity index (χ0) is 15.2. The Bertz CT molecular complexity index is 643. The first-order chi connectivity index (χ1) is 10.1. The van der Waals surface area contributed by atoms with Gasteiger partial charge in [0.05, 0.1) is 4.88 Å². The number of nitrogens with one attached hydrogen (secondary N) is 1. The minimum Gasteiger partial charge on any atom is -0.352 e. The molecule has 1 N–H and O–H groups in total. The monoisotopic (exact) mass is 385 g/mol. The van der Waals surface area contributed by atoms with Crippen molar-refractivity contribution in [3.63, 3.8) is 0 Å². The van der Waals surface area contributed by atoms with E-state index < -0.39 is 0 Å². The van der Waals surface area contributed by atoms with E-state index in [1.54, 1.807) is 12.1 Å². The molecule has 0 bridgehead atoms. The minimum atomic E-state index is -0.154. The molecule has 1 aromatic heterocycles. The Labute approximate surface area is 140 Å². The van der Waals surface area contributed by atoms with Gasteiger partial charge in [0, 0.05) is 28.9 Å². The molecule has 110 valence electrons. The molecule has 1 aromatic carbocycles. The number of carbonyl (C=O) groups excluding carboxylic acids is 2. The maximum atomic E-state index is 11.8. The smallest absolute Gasteiger partial charge is 0.220 e. The van der Waals surface area contributed by atoms with E-state index >= 15 is 0 Å². The van der Waals surface area contributed by atoms with Crippen molar-refractivity contribution in [3.05, 3.63) is 55.6 Å². The maximum absolute atomic E-state index is 11.8. The largest absolute Gasteiger partial charge is 0.352 e. The number of carbonyl (C=O) groups is 2. The van der Waals surface area contributed by atoms with Gasteiger partial charge in [0.1, 0.15) is 0 Å². The summed E-state index contributed by atoms with van der Waals surface area (Å²) in [5.41, 5.74) is 0.845. The van der Waals surface area contributed by atoms with Gasteiger partial charge in [0.15, 0.2) is 5.78 Å². The van der Waals surface area contributed by atoms with Crippen LogP contribution in [0.4, 0.5) is 0 Å². The van der Waals surface area contributed by atoms with Crippen LogP contribution in [0.1, 0.15) is 28.1 Å². The molecule has 0 radical (unpaired) electrons. The van der Waals surface area contributed by atoms with Crippen molar-refractivity contribution in [2.75, 3.05) is 0 Å². The molecule has 1 heterocycles. The lowest BCUT2D eigenvalue weighted by atomic mass is 10.2. The molecule has 2 rings (SSSR count). The third-order valence-corrected chi connectivity index (χ3v) is 4.62. The minimum absolute atomic E-state index is 0.00169. The number of thiophene rings is 1. The molecule has 3 nitrogen and oxygen atoms in total. The molecule has 0 aliphatic carbocycles. The van der Waals surface area contributed by atoms with E-state index in [1.807, 2.05) is 23.6 Å². The molecule has 2 aromatic rings. The average molecular weight is 387 g/mol. The molecule has 0 saturated carbocycles. The van der Waals surface area contributed by atoms with Gasteiger partial charge in [-0.25, -0.2) is 0 Å². The lowest BCUT2D eigenvalue weighted by molar-refractivity contribution is -0.121. The quantitative estimate of drug-likeness (QED) is 0.746. The van der Waals surface area contributed by atoms with Crippen molar-refractivity contribution in [2.45, 2.75) is 19.4 Å². The molecule has 0 aliphatic heterocycles. The van der Waals surface area contributed by atoms with E-state index in [2.05, 4.69) is 21.2 Å². The Kier molecular flexibility index (Phi) is 5.96. The van der Waals surface area contributed by atoms with Gasteiger partial charge >= 0.3 is 0 Å². The van der Waals surface area contributed by atoms with Crippen LogP contribution in [0.25, 0.3) is 0 Å².